The predicted octanol–water partition coefficient (Wildman–Crippen LogP) is 5.87. The Hall–Kier alpha value is -2.81. The number of pyridine rings is 1. The molecule has 0 radical (unpaired) electrons. The number of hydrogen-bond donors (Lipinski definition) is 2. The van der Waals surface area contributed by atoms with Gasteiger partial charge in [0.05, 0.1) is 11.3 Å². The van der Waals surface area contributed by atoms with Crippen LogP contribution in [0.5, 0.6) is 11.5 Å². The summed E-state index contributed by atoms with van der Waals surface area (Å²) in [6.07, 6.45) is 5.78. The first-order chi connectivity index (χ1) is 12.6. The highest BCUT2D eigenvalue weighted by Crippen LogP contribution is 2.45. The van der Waals surface area contributed by atoms with E-state index < -0.39 is 0 Å². The minimum Gasteiger partial charge on any atom is -0.507 e. The highest BCUT2D eigenvalue weighted by molar-refractivity contribution is 5.87. The number of aromatic hydroxyl groups is 2. The van der Waals surface area contributed by atoms with Crippen molar-refractivity contribution in [3.05, 3.63) is 65.9 Å². The molecule has 0 bridgehead atoms. The van der Waals surface area contributed by atoms with Crippen LogP contribution in [0.3, 0.4) is 0 Å². The van der Waals surface area contributed by atoms with Crippen molar-refractivity contribution >= 4 is 0 Å². The molecule has 1 heterocycles. The van der Waals surface area contributed by atoms with Gasteiger partial charge in [-0.05, 0) is 49.1 Å². The van der Waals surface area contributed by atoms with E-state index in [1.54, 1.807) is 12.3 Å². The summed E-state index contributed by atoms with van der Waals surface area (Å²) >= 11 is 0. The monoisotopic (exact) mass is 347 g/mol. The number of benzene rings is 2. The van der Waals surface area contributed by atoms with Crippen LogP contribution in [0.2, 0.25) is 0 Å². The molecule has 26 heavy (non-hydrogen) atoms. The molecule has 3 heteroatoms. The molecule has 0 amide bonds. The Balaban J connectivity index is 2.19. The first-order valence-electron chi connectivity index (χ1n) is 9.18. The number of rotatable bonds is 6. The lowest BCUT2D eigenvalue weighted by molar-refractivity contribution is 0.454. The minimum absolute atomic E-state index is 0.0980. The Bertz CT molecular complexity index is 888. The van der Waals surface area contributed by atoms with E-state index in [1.807, 2.05) is 49.4 Å². The van der Waals surface area contributed by atoms with Gasteiger partial charge in [0.25, 0.3) is 0 Å². The molecular formula is C23H25NO2. The van der Waals surface area contributed by atoms with Crippen LogP contribution in [-0.4, -0.2) is 15.2 Å². The molecule has 1 aromatic heterocycles. The van der Waals surface area contributed by atoms with Crippen LogP contribution >= 0.6 is 0 Å². The zero-order valence-electron chi connectivity index (χ0n) is 15.4. The lowest BCUT2D eigenvalue weighted by atomic mass is 9.91. The van der Waals surface area contributed by atoms with Gasteiger partial charge < -0.3 is 10.2 Å². The van der Waals surface area contributed by atoms with Gasteiger partial charge in [-0.15, -0.1) is 0 Å². The summed E-state index contributed by atoms with van der Waals surface area (Å²) in [5.41, 5.74) is 4.73. The standard InChI is InChI=1S/C23H25NO2/c1-3-4-5-10-18-15-20(25)22(17-11-8-9-16(2)14-17)23(26)21(18)19-12-6-7-13-24-19/h6-9,11-15,25-26H,3-5,10H2,1-2H3. The quantitative estimate of drug-likeness (QED) is 0.548. The van der Waals surface area contributed by atoms with Crippen molar-refractivity contribution in [1.29, 1.82) is 0 Å². The summed E-state index contributed by atoms with van der Waals surface area (Å²) in [6, 6.07) is 15.3. The molecule has 0 aliphatic rings. The molecule has 0 saturated heterocycles. The van der Waals surface area contributed by atoms with Crippen LogP contribution in [0.1, 0.15) is 37.3 Å². The number of hydrogen-bond acceptors (Lipinski definition) is 3. The lowest BCUT2D eigenvalue weighted by Gasteiger charge is -2.17. The van der Waals surface area contributed by atoms with Crippen molar-refractivity contribution in [2.45, 2.75) is 39.5 Å². The van der Waals surface area contributed by atoms with Crippen molar-refractivity contribution in [2.24, 2.45) is 0 Å². The molecular weight excluding hydrogens is 322 g/mol. The molecule has 0 fully saturated rings. The molecule has 3 nitrogen and oxygen atoms in total. The second kappa shape index (κ2) is 8.05. The Morgan fingerprint density at radius 3 is 2.46 bits per heavy atom. The number of unbranched alkanes of at least 4 members (excludes halogenated alkanes) is 2. The highest BCUT2D eigenvalue weighted by atomic mass is 16.3. The van der Waals surface area contributed by atoms with Gasteiger partial charge in [0, 0.05) is 11.8 Å². The van der Waals surface area contributed by atoms with Crippen LogP contribution in [-0.2, 0) is 6.42 Å². The second-order valence-corrected chi connectivity index (χ2v) is 6.69. The number of aryl methyl sites for hydroxylation is 2. The third-order valence-electron chi connectivity index (χ3n) is 4.64. The number of phenolic OH excluding ortho intramolecular Hbond substituents is 2. The zero-order chi connectivity index (χ0) is 18.5. The SMILES string of the molecule is CCCCCc1cc(O)c(-c2cccc(C)c2)c(O)c1-c1ccccn1. The smallest absolute Gasteiger partial charge is 0.136 e. The van der Waals surface area contributed by atoms with Crippen molar-refractivity contribution < 1.29 is 10.2 Å². The fourth-order valence-corrected chi connectivity index (χ4v) is 3.35. The minimum atomic E-state index is 0.0980. The Morgan fingerprint density at radius 1 is 0.923 bits per heavy atom. The van der Waals surface area contributed by atoms with Gasteiger partial charge >= 0.3 is 0 Å². The van der Waals surface area contributed by atoms with Gasteiger partial charge in [0.1, 0.15) is 11.5 Å². The fraction of sp³-hybridized carbons (Fsp3) is 0.261. The summed E-state index contributed by atoms with van der Waals surface area (Å²) in [6.45, 7) is 4.16. The maximum atomic E-state index is 11.1. The molecule has 3 aromatic rings. The van der Waals surface area contributed by atoms with Gasteiger partial charge in [-0.2, -0.15) is 0 Å². The fourth-order valence-electron chi connectivity index (χ4n) is 3.35. The van der Waals surface area contributed by atoms with Gasteiger partial charge in [-0.3, -0.25) is 4.98 Å². The van der Waals surface area contributed by atoms with Crippen LogP contribution in [0, 0.1) is 6.92 Å². The number of aromatic nitrogens is 1. The highest BCUT2D eigenvalue weighted by Gasteiger charge is 2.20. The number of phenols is 2. The Kier molecular flexibility index (Phi) is 5.57. The Morgan fingerprint density at radius 2 is 1.77 bits per heavy atom. The Labute approximate surface area is 155 Å². The number of nitrogens with zero attached hydrogens (tertiary/aromatic N) is 1. The van der Waals surface area contributed by atoms with Crippen molar-refractivity contribution in [3.63, 3.8) is 0 Å². The molecule has 0 unspecified atom stereocenters. The van der Waals surface area contributed by atoms with E-state index in [2.05, 4.69) is 11.9 Å². The largest absolute Gasteiger partial charge is 0.507 e. The van der Waals surface area contributed by atoms with Crippen molar-refractivity contribution in [2.75, 3.05) is 0 Å². The molecule has 0 spiro atoms. The topological polar surface area (TPSA) is 53.4 Å². The van der Waals surface area contributed by atoms with E-state index in [-0.39, 0.29) is 11.5 Å². The van der Waals surface area contributed by atoms with E-state index >= 15 is 0 Å². The zero-order valence-corrected chi connectivity index (χ0v) is 15.4. The van der Waals surface area contributed by atoms with E-state index in [0.717, 1.165) is 53.6 Å². The molecule has 0 atom stereocenters. The van der Waals surface area contributed by atoms with E-state index in [1.165, 1.54) is 0 Å². The second-order valence-electron chi connectivity index (χ2n) is 6.69. The van der Waals surface area contributed by atoms with E-state index in [9.17, 15) is 10.2 Å². The van der Waals surface area contributed by atoms with E-state index in [0.29, 0.717) is 5.56 Å². The predicted molar refractivity (Wildman–Crippen MR) is 106 cm³/mol. The maximum absolute atomic E-state index is 11.1. The third kappa shape index (κ3) is 3.72. The van der Waals surface area contributed by atoms with Crippen LogP contribution < -0.4 is 0 Å². The summed E-state index contributed by atoms with van der Waals surface area (Å²) in [5, 5.41) is 21.8. The molecule has 134 valence electrons. The molecule has 3 rings (SSSR count). The van der Waals surface area contributed by atoms with Crippen LogP contribution in [0.25, 0.3) is 22.4 Å². The van der Waals surface area contributed by atoms with Crippen LogP contribution in [0.4, 0.5) is 0 Å². The van der Waals surface area contributed by atoms with E-state index in [4.69, 9.17) is 0 Å². The summed E-state index contributed by atoms with van der Waals surface area (Å²) in [4.78, 5) is 4.44. The summed E-state index contributed by atoms with van der Waals surface area (Å²) in [7, 11) is 0. The summed E-state index contributed by atoms with van der Waals surface area (Å²) in [5.74, 6) is 0.208. The molecule has 0 saturated carbocycles. The molecule has 2 N–H and O–H groups in total. The molecule has 2 aromatic carbocycles. The molecule has 0 aliphatic carbocycles. The van der Waals surface area contributed by atoms with Gasteiger partial charge in [0.15, 0.2) is 0 Å². The average molecular weight is 347 g/mol. The first-order valence-corrected chi connectivity index (χ1v) is 9.18. The van der Waals surface area contributed by atoms with Gasteiger partial charge in [0.2, 0.25) is 0 Å². The average Bonchev–Trinajstić information content (AvgIpc) is 2.62. The third-order valence-corrected chi connectivity index (χ3v) is 4.64. The normalized spacial score (nSPS) is 10.8. The van der Waals surface area contributed by atoms with Gasteiger partial charge in [-0.25, -0.2) is 0 Å². The maximum Gasteiger partial charge on any atom is 0.136 e. The van der Waals surface area contributed by atoms with Crippen LogP contribution in [0.15, 0.2) is 54.7 Å². The molecule has 0 aliphatic heterocycles. The summed E-state index contributed by atoms with van der Waals surface area (Å²) < 4.78 is 0. The van der Waals surface area contributed by atoms with Crippen molar-refractivity contribution in [3.8, 4) is 33.9 Å². The lowest BCUT2D eigenvalue weighted by Crippen LogP contribution is -1.96. The van der Waals surface area contributed by atoms with Crippen molar-refractivity contribution in [1.82, 2.24) is 4.98 Å². The van der Waals surface area contributed by atoms with Gasteiger partial charge in [-0.1, -0.05) is 55.7 Å². The first kappa shape index (κ1) is 18.0.